The molecule has 3 rings (SSSR count). The Kier molecular flexibility index (Phi) is 8.82. The van der Waals surface area contributed by atoms with Gasteiger partial charge in [-0.1, -0.05) is 0 Å². The number of carbonyl (C=O) groups is 1. The predicted molar refractivity (Wildman–Crippen MR) is 103 cm³/mol. The Morgan fingerprint density at radius 3 is 1.89 bits per heavy atom. The first-order valence-electron chi connectivity index (χ1n) is 9.62. The van der Waals surface area contributed by atoms with Crippen LogP contribution in [0.15, 0.2) is 29.1 Å². The van der Waals surface area contributed by atoms with Gasteiger partial charge in [-0.05, 0) is 30.7 Å². The Balaban J connectivity index is 0.000000678. The Morgan fingerprint density at radius 1 is 0.861 bits per heavy atom. The zero-order valence-electron chi connectivity index (χ0n) is 17.7. The van der Waals surface area contributed by atoms with Crippen molar-refractivity contribution in [2.75, 3.05) is 25.1 Å². The van der Waals surface area contributed by atoms with E-state index < -0.39 is 55.8 Å². The second-order valence-electron chi connectivity index (χ2n) is 6.99. The van der Waals surface area contributed by atoms with Crippen LogP contribution in [0.2, 0.25) is 0 Å². The average molecular weight is 537 g/mol. The quantitative estimate of drug-likeness (QED) is 0.566. The number of halogens is 9. The van der Waals surface area contributed by atoms with Crippen LogP contribution in [0.1, 0.15) is 12.0 Å². The monoisotopic (exact) mass is 537 g/mol. The molecule has 1 aromatic carbocycles. The highest BCUT2D eigenvalue weighted by molar-refractivity contribution is 5.92. The number of ether oxygens (including phenoxy) is 2. The van der Waals surface area contributed by atoms with E-state index in [0.717, 1.165) is 16.7 Å². The molecule has 0 spiro atoms. The van der Waals surface area contributed by atoms with Crippen LogP contribution < -0.4 is 20.3 Å². The van der Waals surface area contributed by atoms with E-state index in [4.69, 9.17) is 5.11 Å². The van der Waals surface area contributed by atoms with E-state index in [1.54, 1.807) is 0 Å². The summed E-state index contributed by atoms with van der Waals surface area (Å²) in [4.78, 5) is 28.2. The number of aliphatic hydroxyl groups excluding tert-OH is 1. The van der Waals surface area contributed by atoms with E-state index in [1.807, 2.05) is 0 Å². The van der Waals surface area contributed by atoms with Crippen LogP contribution in [0, 0.1) is 0 Å². The molecule has 0 atom stereocenters. The first-order chi connectivity index (χ1) is 16.5. The number of rotatable bonds is 5. The average Bonchev–Trinajstić information content (AvgIpc) is 2.75. The van der Waals surface area contributed by atoms with E-state index in [1.165, 1.54) is 12.1 Å². The van der Waals surface area contributed by atoms with E-state index >= 15 is 0 Å². The van der Waals surface area contributed by atoms with Gasteiger partial charge in [0.05, 0.1) is 11.3 Å². The molecule has 2 heterocycles. The molecular formula is C19H16F9N3O5. The van der Waals surface area contributed by atoms with Crippen molar-refractivity contribution in [2.45, 2.75) is 31.4 Å². The molecule has 0 fully saturated rings. The van der Waals surface area contributed by atoms with Crippen molar-refractivity contribution in [3.05, 3.63) is 40.2 Å². The molecule has 200 valence electrons. The molecule has 1 aliphatic heterocycles. The number of fused-ring (bicyclic) bond motifs is 1. The maximum Gasteiger partial charge on any atom is 0.422 e. The third kappa shape index (κ3) is 8.94. The van der Waals surface area contributed by atoms with Gasteiger partial charge in [0.15, 0.2) is 13.2 Å². The van der Waals surface area contributed by atoms with Gasteiger partial charge in [-0.25, -0.2) is 4.57 Å². The fraction of sp³-hybridized carbons (Fsp3) is 0.421. The maximum atomic E-state index is 12.8. The zero-order valence-corrected chi connectivity index (χ0v) is 17.7. The second-order valence-corrected chi connectivity index (χ2v) is 6.99. The van der Waals surface area contributed by atoms with Crippen LogP contribution in [0.3, 0.4) is 0 Å². The molecule has 17 heteroatoms. The van der Waals surface area contributed by atoms with Crippen molar-refractivity contribution in [1.82, 2.24) is 9.55 Å². The lowest BCUT2D eigenvalue weighted by molar-refractivity contribution is -0.159. The molecular weight excluding hydrogens is 521 g/mol. The summed E-state index contributed by atoms with van der Waals surface area (Å²) in [5.74, 6) is -0.824. The van der Waals surface area contributed by atoms with Gasteiger partial charge < -0.3 is 19.9 Å². The number of amides is 1. The number of anilines is 1. The highest BCUT2D eigenvalue weighted by atomic mass is 19.4. The predicted octanol–water partition coefficient (Wildman–Crippen LogP) is 3.54. The summed E-state index contributed by atoms with van der Waals surface area (Å²) in [6.07, 6.45) is -13.7. The number of aliphatic hydroxyl groups is 1. The standard InChI is InChI=1S/C17H13F6N3O4.C2H3F3O/c18-16(19,20)7-29-10-3-1-9(2-4-10)26-14(28)11-5-6-12(27)24-13(11)25-15(26)30-8-17(21,22)23;3-2(4,5)1-6/h1-4H,5-8H2,(H,24,27);6H,1H2. The van der Waals surface area contributed by atoms with Crippen molar-refractivity contribution in [3.63, 3.8) is 0 Å². The van der Waals surface area contributed by atoms with Gasteiger partial charge >= 0.3 is 24.5 Å². The summed E-state index contributed by atoms with van der Waals surface area (Å²) in [6, 6.07) is 3.83. The summed E-state index contributed by atoms with van der Waals surface area (Å²) in [5, 5.41) is 9.58. The van der Waals surface area contributed by atoms with Crippen molar-refractivity contribution in [1.29, 1.82) is 0 Å². The molecule has 0 unspecified atom stereocenters. The van der Waals surface area contributed by atoms with Gasteiger partial charge in [0.1, 0.15) is 18.2 Å². The van der Waals surface area contributed by atoms with Crippen molar-refractivity contribution < 1.29 is 58.9 Å². The zero-order chi connectivity index (χ0) is 27.3. The number of nitrogens with one attached hydrogen (secondary N) is 1. The Labute approximate surface area is 195 Å². The van der Waals surface area contributed by atoms with Gasteiger partial charge in [-0.15, -0.1) is 0 Å². The molecule has 36 heavy (non-hydrogen) atoms. The first kappa shape index (κ1) is 28.7. The van der Waals surface area contributed by atoms with E-state index in [-0.39, 0.29) is 35.7 Å². The van der Waals surface area contributed by atoms with Crippen LogP contribution >= 0.6 is 0 Å². The number of aromatic nitrogens is 2. The fourth-order valence-electron chi connectivity index (χ4n) is 2.63. The lowest BCUT2D eigenvalue weighted by Crippen LogP contribution is -2.33. The minimum Gasteiger partial charge on any atom is -0.484 e. The lowest BCUT2D eigenvalue weighted by atomic mass is 10.1. The Hall–Kier alpha value is -3.50. The van der Waals surface area contributed by atoms with Gasteiger partial charge in [0, 0.05) is 6.42 Å². The number of benzene rings is 1. The SMILES string of the molecule is O=C1CCc2c(nc(OCC(F)(F)F)n(-c3ccc(OCC(F)(F)F)cc3)c2=O)N1.OCC(F)(F)F. The molecule has 0 radical (unpaired) electrons. The molecule has 0 bridgehead atoms. The number of hydrogen-bond donors (Lipinski definition) is 2. The van der Waals surface area contributed by atoms with Crippen molar-refractivity contribution in [2.24, 2.45) is 0 Å². The second kappa shape index (κ2) is 11.0. The van der Waals surface area contributed by atoms with E-state index in [2.05, 4.69) is 19.8 Å². The highest BCUT2D eigenvalue weighted by Crippen LogP contribution is 2.26. The molecule has 8 nitrogen and oxygen atoms in total. The summed E-state index contributed by atoms with van der Waals surface area (Å²) in [7, 11) is 0. The minimum atomic E-state index is -4.73. The molecule has 1 aromatic heterocycles. The number of nitrogens with zero attached hydrogens (tertiary/aromatic N) is 2. The summed E-state index contributed by atoms with van der Waals surface area (Å²) >= 11 is 0. The topological polar surface area (TPSA) is 103 Å². The van der Waals surface area contributed by atoms with Crippen LogP contribution in [-0.4, -0.2) is 58.9 Å². The van der Waals surface area contributed by atoms with Crippen LogP contribution in [0.25, 0.3) is 5.69 Å². The molecule has 0 saturated heterocycles. The normalized spacial score (nSPS) is 13.8. The molecule has 2 aromatic rings. The lowest BCUT2D eigenvalue weighted by Gasteiger charge is -2.20. The number of carbonyl (C=O) groups excluding carboxylic acids is 1. The Morgan fingerprint density at radius 2 is 1.39 bits per heavy atom. The molecule has 0 saturated carbocycles. The number of alkyl halides is 9. The van der Waals surface area contributed by atoms with Gasteiger partial charge in [-0.3, -0.25) is 9.59 Å². The van der Waals surface area contributed by atoms with Gasteiger partial charge in [0.2, 0.25) is 5.91 Å². The van der Waals surface area contributed by atoms with E-state index in [9.17, 15) is 49.1 Å². The first-order valence-corrected chi connectivity index (χ1v) is 9.62. The minimum absolute atomic E-state index is 0.0104. The third-order valence-electron chi connectivity index (χ3n) is 4.05. The molecule has 1 aliphatic rings. The van der Waals surface area contributed by atoms with Crippen molar-refractivity contribution in [3.8, 4) is 17.4 Å². The maximum absolute atomic E-state index is 12.8. The third-order valence-corrected chi connectivity index (χ3v) is 4.05. The number of hydrogen-bond acceptors (Lipinski definition) is 6. The summed E-state index contributed by atoms with van der Waals surface area (Å²) < 4.78 is 116. The molecule has 0 aliphatic carbocycles. The van der Waals surface area contributed by atoms with Crippen LogP contribution in [-0.2, 0) is 11.2 Å². The largest absolute Gasteiger partial charge is 0.484 e. The summed E-state index contributed by atoms with van der Waals surface area (Å²) in [6.45, 7) is -5.02. The Bertz CT molecular complexity index is 1110. The highest BCUT2D eigenvalue weighted by Gasteiger charge is 2.31. The fourth-order valence-corrected chi connectivity index (χ4v) is 2.63. The van der Waals surface area contributed by atoms with Crippen LogP contribution in [0.5, 0.6) is 11.8 Å². The molecule has 1 amide bonds. The summed E-state index contributed by atoms with van der Waals surface area (Å²) in [5.41, 5.74) is -0.726. The van der Waals surface area contributed by atoms with Crippen molar-refractivity contribution >= 4 is 11.7 Å². The van der Waals surface area contributed by atoms with E-state index in [0.29, 0.717) is 0 Å². The van der Waals surface area contributed by atoms with Gasteiger partial charge in [0.25, 0.3) is 5.56 Å². The smallest absolute Gasteiger partial charge is 0.422 e. The molecule has 2 N–H and O–H groups in total. The van der Waals surface area contributed by atoms with Gasteiger partial charge in [-0.2, -0.15) is 44.5 Å². The van der Waals surface area contributed by atoms with Crippen LogP contribution in [0.4, 0.5) is 45.3 Å².